The van der Waals surface area contributed by atoms with Crippen molar-refractivity contribution < 1.29 is 4.79 Å². The first-order valence-corrected chi connectivity index (χ1v) is 6.92. The topological polar surface area (TPSA) is 54.9 Å². The molecule has 0 aliphatic rings. The lowest BCUT2D eigenvalue weighted by Gasteiger charge is -2.15. The Kier molecular flexibility index (Phi) is 3.95. The van der Waals surface area contributed by atoms with Gasteiger partial charge in [0.1, 0.15) is 6.33 Å². The highest BCUT2D eigenvalue weighted by Gasteiger charge is 2.18. The maximum absolute atomic E-state index is 12.0. The summed E-state index contributed by atoms with van der Waals surface area (Å²) < 4.78 is 0. The van der Waals surface area contributed by atoms with E-state index in [1.165, 1.54) is 22.5 Å². The van der Waals surface area contributed by atoms with Crippen LogP contribution in [0.1, 0.15) is 41.0 Å². The van der Waals surface area contributed by atoms with Gasteiger partial charge >= 0.3 is 0 Å². The quantitative estimate of drug-likeness (QED) is 0.937. The molecule has 5 heteroatoms. The van der Waals surface area contributed by atoms with Crippen molar-refractivity contribution in [3.05, 3.63) is 46.2 Å². The van der Waals surface area contributed by atoms with Gasteiger partial charge in [-0.15, -0.1) is 11.3 Å². The van der Waals surface area contributed by atoms with Gasteiger partial charge in [0.05, 0.1) is 17.1 Å². The summed E-state index contributed by atoms with van der Waals surface area (Å²) >= 11 is 1.54. The molecule has 1 amide bonds. The lowest BCUT2D eigenvalue weighted by atomic mass is 9.95. The minimum Gasteiger partial charge on any atom is -0.346 e. The molecule has 0 aromatic carbocycles. The molecule has 0 spiro atoms. The maximum atomic E-state index is 12.0. The number of amides is 1. The minimum atomic E-state index is -0.0564. The summed E-state index contributed by atoms with van der Waals surface area (Å²) in [5.41, 5.74) is 0.881. The smallest absolute Gasteiger partial charge is 0.261 e. The van der Waals surface area contributed by atoms with E-state index in [0.29, 0.717) is 6.54 Å². The first-order chi connectivity index (χ1) is 8.97. The van der Waals surface area contributed by atoms with Crippen LogP contribution >= 0.6 is 11.3 Å². The van der Waals surface area contributed by atoms with E-state index in [2.05, 4.69) is 36.1 Å². The highest BCUT2D eigenvalue weighted by atomic mass is 32.1. The van der Waals surface area contributed by atoms with E-state index in [-0.39, 0.29) is 11.3 Å². The molecule has 0 radical (unpaired) electrons. The third-order valence-corrected chi connectivity index (χ3v) is 4.15. The Morgan fingerprint density at radius 2 is 2.11 bits per heavy atom. The monoisotopic (exact) mass is 275 g/mol. The summed E-state index contributed by atoms with van der Waals surface area (Å²) in [6.45, 7) is 6.84. The minimum absolute atomic E-state index is 0.0564. The van der Waals surface area contributed by atoms with Crippen molar-refractivity contribution in [1.82, 2.24) is 15.3 Å². The lowest BCUT2D eigenvalue weighted by Crippen LogP contribution is -2.22. The van der Waals surface area contributed by atoms with Crippen LogP contribution in [0.15, 0.2) is 30.7 Å². The average molecular weight is 275 g/mol. The predicted molar refractivity (Wildman–Crippen MR) is 76.2 cm³/mol. The van der Waals surface area contributed by atoms with Crippen molar-refractivity contribution in [2.75, 3.05) is 0 Å². The summed E-state index contributed by atoms with van der Waals surface area (Å²) in [6, 6.07) is 5.68. The Balaban J connectivity index is 1.99. The van der Waals surface area contributed by atoms with Gasteiger partial charge in [-0.2, -0.15) is 0 Å². The normalized spacial score (nSPS) is 11.3. The Morgan fingerprint density at radius 1 is 1.32 bits per heavy atom. The molecule has 0 unspecified atom stereocenters. The first kappa shape index (κ1) is 13.7. The van der Waals surface area contributed by atoms with E-state index >= 15 is 0 Å². The van der Waals surface area contributed by atoms with Crippen molar-refractivity contribution in [2.45, 2.75) is 32.7 Å². The van der Waals surface area contributed by atoms with Crippen LogP contribution in [0, 0.1) is 0 Å². The van der Waals surface area contributed by atoms with Gasteiger partial charge in [0.15, 0.2) is 0 Å². The molecule has 19 heavy (non-hydrogen) atoms. The molecule has 0 saturated carbocycles. The molecule has 2 heterocycles. The van der Waals surface area contributed by atoms with Gasteiger partial charge in [-0.3, -0.25) is 4.79 Å². The molecule has 2 aromatic heterocycles. The SMILES string of the molecule is CC(C)(C)c1ccc(C(=O)NCc2ccncn2)s1. The molecule has 4 nitrogen and oxygen atoms in total. The zero-order valence-corrected chi connectivity index (χ0v) is 12.1. The van der Waals surface area contributed by atoms with Crippen LogP contribution in [0.2, 0.25) is 0 Å². The second-order valence-corrected chi connectivity index (χ2v) is 6.38. The second-order valence-electron chi connectivity index (χ2n) is 5.30. The molecule has 0 fully saturated rings. The standard InChI is InChI=1S/C14H17N3OS/c1-14(2,3)12-5-4-11(19-12)13(18)16-8-10-6-7-15-9-17-10/h4-7,9H,8H2,1-3H3,(H,16,18). The number of nitrogens with zero attached hydrogens (tertiary/aromatic N) is 2. The van der Waals surface area contributed by atoms with Crippen molar-refractivity contribution in [3.63, 3.8) is 0 Å². The van der Waals surface area contributed by atoms with Crippen molar-refractivity contribution in [3.8, 4) is 0 Å². The molecule has 0 bridgehead atoms. The second kappa shape index (κ2) is 5.48. The lowest BCUT2D eigenvalue weighted by molar-refractivity contribution is 0.0954. The average Bonchev–Trinajstić information content (AvgIpc) is 2.87. The van der Waals surface area contributed by atoms with E-state index in [0.717, 1.165) is 10.6 Å². The number of carbonyl (C=O) groups excluding carboxylic acids is 1. The van der Waals surface area contributed by atoms with Crippen LogP contribution in [0.5, 0.6) is 0 Å². The number of rotatable bonds is 3. The van der Waals surface area contributed by atoms with Gasteiger partial charge in [0.25, 0.3) is 5.91 Å². The summed E-state index contributed by atoms with van der Waals surface area (Å²) in [7, 11) is 0. The largest absolute Gasteiger partial charge is 0.346 e. The van der Waals surface area contributed by atoms with E-state index in [1.807, 2.05) is 12.1 Å². The molecular formula is C14H17N3OS. The van der Waals surface area contributed by atoms with Gasteiger partial charge in [-0.25, -0.2) is 9.97 Å². The van der Waals surface area contributed by atoms with Crippen LogP contribution in [-0.2, 0) is 12.0 Å². The molecular weight excluding hydrogens is 258 g/mol. The molecule has 0 aliphatic carbocycles. The first-order valence-electron chi connectivity index (χ1n) is 6.10. The zero-order valence-electron chi connectivity index (χ0n) is 11.3. The van der Waals surface area contributed by atoms with Gasteiger partial charge in [-0.05, 0) is 23.6 Å². The van der Waals surface area contributed by atoms with Crippen molar-refractivity contribution in [1.29, 1.82) is 0 Å². The summed E-state index contributed by atoms with van der Waals surface area (Å²) in [4.78, 5) is 21.9. The van der Waals surface area contributed by atoms with Crippen LogP contribution in [0.25, 0.3) is 0 Å². The fourth-order valence-electron chi connectivity index (χ4n) is 1.54. The Morgan fingerprint density at radius 3 is 2.68 bits per heavy atom. The van der Waals surface area contributed by atoms with E-state index in [9.17, 15) is 4.79 Å². The molecule has 0 aliphatic heterocycles. The van der Waals surface area contributed by atoms with Gasteiger partial charge in [-0.1, -0.05) is 20.8 Å². The van der Waals surface area contributed by atoms with Crippen molar-refractivity contribution >= 4 is 17.2 Å². The van der Waals surface area contributed by atoms with Gasteiger partial charge in [0.2, 0.25) is 0 Å². The van der Waals surface area contributed by atoms with Gasteiger partial charge in [0, 0.05) is 11.1 Å². The van der Waals surface area contributed by atoms with Crippen LogP contribution in [0.3, 0.4) is 0 Å². The summed E-state index contributed by atoms with van der Waals surface area (Å²) in [6.07, 6.45) is 3.14. The molecule has 1 N–H and O–H groups in total. The van der Waals surface area contributed by atoms with E-state index in [4.69, 9.17) is 0 Å². The molecule has 0 atom stereocenters. The van der Waals surface area contributed by atoms with Crippen LogP contribution in [-0.4, -0.2) is 15.9 Å². The van der Waals surface area contributed by atoms with Crippen LogP contribution in [0.4, 0.5) is 0 Å². The number of hydrogen-bond donors (Lipinski definition) is 1. The third kappa shape index (κ3) is 3.61. The molecule has 0 saturated heterocycles. The Labute approximate surface area is 116 Å². The number of carbonyl (C=O) groups is 1. The number of thiophene rings is 1. The zero-order chi connectivity index (χ0) is 13.9. The fraction of sp³-hybridized carbons (Fsp3) is 0.357. The van der Waals surface area contributed by atoms with Crippen LogP contribution < -0.4 is 5.32 Å². The number of nitrogens with one attached hydrogen (secondary N) is 1. The Bertz CT molecular complexity index is 558. The number of hydrogen-bond acceptors (Lipinski definition) is 4. The van der Waals surface area contributed by atoms with Crippen molar-refractivity contribution in [2.24, 2.45) is 0 Å². The Hall–Kier alpha value is -1.75. The number of aromatic nitrogens is 2. The third-order valence-electron chi connectivity index (χ3n) is 2.64. The predicted octanol–water partition coefficient (Wildman–Crippen LogP) is 2.77. The fourth-order valence-corrected chi connectivity index (χ4v) is 2.52. The molecule has 2 aromatic rings. The summed E-state index contributed by atoms with van der Waals surface area (Å²) in [5, 5.41) is 2.86. The molecule has 2 rings (SSSR count). The highest BCUT2D eigenvalue weighted by Crippen LogP contribution is 2.29. The summed E-state index contributed by atoms with van der Waals surface area (Å²) in [5.74, 6) is -0.0564. The van der Waals surface area contributed by atoms with Gasteiger partial charge < -0.3 is 5.32 Å². The highest BCUT2D eigenvalue weighted by molar-refractivity contribution is 7.14. The van der Waals surface area contributed by atoms with E-state index < -0.39 is 0 Å². The maximum Gasteiger partial charge on any atom is 0.261 e. The molecule has 100 valence electrons. The van der Waals surface area contributed by atoms with E-state index in [1.54, 1.807) is 12.3 Å².